The average molecular weight is 326 g/mol. The topological polar surface area (TPSA) is 35.9 Å². The summed E-state index contributed by atoms with van der Waals surface area (Å²) in [5, 5.41) is 10.3. The molecule has 0 aliphatic carbocycles. The Morgan fingerprint density at radius 2 is 1.62 bits per heavy atom. The summed E-state index contributed by atoms with van der Waals surface area (Å²) in [5.41, 5.74) is 2.19. The zero-order valence-electron chi connectivity index (χ0n) is 14.3. The molecule has 1 aliphatic heterocycles. The van der Waals surface area contributed by atoms with Crippen molar-refractivity contribution >= 4 is 0 Å². The molecule has 1 fully saturated rings. The molecule has 2 aromatic rings. The second-order valence-corrected chi connectivity index (χ2v) is 6.43. The minimum absolute atomic E-state index is 0.316. The maximum atomic E-state index is 10.3. The SMILES string of the molecule is CN1CCN(CC(O)COc2ccccc2-c2ccccc2)CC1. The van der Waals surface area contributed by atoms with Crippen LogP contribution in [0.4, 0.5) is 0 Å². The van der Waals surface area contributed by atoms with E-state index in [0.29, 0.717) is 13.2 Å². The first-order valence-electron chi connectivity index (χ1n) is 8.58. The Bertz CT molecular complexity index is 625. The quantitative estimate of drug-likeness (QED) is 0.884. The first-order valence-corrected chi connectivity index (χ1v) is 8.58. The van der Waals surface area contributed by atoms with E-state index in [0.717, 1.165) is 43.1 Å². The van der Waals surface area contributed by atoms with Gasteiger partial charge in [0.2, 0.25) is 0 Å². The van der Waals surface area contributed by atoms with Crippen molar-refractivity contribution in [3.05, 3.63) is 54.6 Å². The van der Waals surface area contributed by atoms with Gasteiger partial charge in [0, 0.05) is 38.3 Å². The maximum Gasteiger partial charge on any atom is 0.127 e. The highest BCUT2D eigenvalue weighted by Crippen LogP contribution is 2.29. The fraction of sp³-hybridized carbons (Fsp3) is 0.400. The molecule has 0 saturated carbocycles. The Labute approximate surface area is 144 Å². The normalized spacial score (nSPS) is 17.6. The lowest BCUT2D eigenvalue weighted by Crippen LogP contribution is -2.47. The summed E-state index contributed by atoms with van der Waals surface area (Å²) in [6.45, 7) is 5.12. The van der Waals surface area contributed by atoms with Crippen LogP contribution in [0, 0.1) is 0 Å². The molecule has 24 heavy (non-hydrogen) atoms. The van der Waals surface area contributed by atoms with Crippen molar-refractivity contribution in [2.45, 2.75) is 6.10 Å². The van der Waals surface area contributed by atoms with Gasteiger partial charge in [-0.05, 0) is 18.7 Å². The van der Waals surface area contributed by atoms with Crippen molar-refractivity contribution < 1.29 is 9.84 Å². The third kappa shape index (κ3) is 4.57. The predicted molar refractivity (Wildman–Crippen MR) is 97.3 cm³/mol. The predicted octanol–water partition coefficient (Wildman–Crippen LogP) is 2.34. The molecule has 0 amide bonds. The van der Waals surface area contributed by atoms with E-state index in [-0.39, 0.29) is 0 Å². The third-order valence-corrected chi connectivity index (χ3v) is 4.47. The molecule has 0 spiro atoms. The highest BCUT2D eigenvalue weighted by Gasteiger charge is 2.17. The Morgan fingerprint density at radius 1 is 0.958 bits per heavy atom. The van der Waals surface area contributed by atoms with Crippen LogP contribution in [0.15, 0.2) is 54.6 Å². The number of aliphatic hydroxyl groups is 1. The van der Waals surface area contributed by atoms with Crippen molar-refractivity contribution in [2.24, 2.45) is 0 Å². The van der Waals surface area contributed by atoms with E-state index in [4.69, 9.17) is 4.74 Å². The van der Waals surface area contributed by atoms with E-state index < -0.39 is 6.10 Å². The van der Waals surface area contributed by atoms with Crippen molar-refractivity contribution in [1.29, 1.82) is 0 Å². The summed E-state index contributed by atoms with van der Waals surface area (Å²) >= 11 is 0. The fourth-order valence-corrected chi connectivity index (χ4v) is 3.02. The lowest BCUT2D eigenvalue weighted by Gasteiger charge is -2.33. The molecule has 1 saturated heterocycles. The number of β-amino-alcohol motifs (C(OH)–C–C–N with tert-alkyl or cyclic N) is 1. The number of benzene rings is 2. The van der Waals surface area contributed by atoms with Gasteiger partial charge in [-0.15, -0.1) is 0 Å². The summed E-state index contributed by atoms with van der Waals surface area (Å²) in [5.74, 6) is 0.820. The van der Waals surface area contributed by atoms with E-state index in [1.54, 1.807) is 0 Å². The molecule has 4 heteroatoms. The second-order valence-electron chi connectivity index (χ2n) is 6.43. The van der Waals surface area contributed by atoms with Gasteiger partial charge in [-0.1, -0.05) is 48.5 Å². The molecule has 1 atom stereocenters. The van der Waals surface area contributed by atoms with E-state index in [9.17, 15) is 5.11 Å². The van der Waals surface area contributed by atoms with Crippen molar-refractivity contribution in [3.8, 4) is 16.9 Å². The highest BCUT2D eigenvalue weighted by atomic mass is 16.5. The first-order chi connectivity index (χ1) is 11.7. The molecule has 1 heterocycles. The summed E-state index contributed by atoms with van der Waals surface area (Å²) in [6, 6.07) is 18.2. The summed E-state index contributed by atoms with van der Waals surface area (Å²) in [4.78, 5) is 4.62. The Hall–Kier alpha value is -1.88. The molecule has 4 nitrogen and oxygen atoms in total. The first kappa shape index (κ1) is 17.0. The summed E-state index contributed by atoms with van der Waals surface area (Å²) < 4.78 is 5.93. The molecule has 0 bridgehead atoms. The van der Waals surface area contributed by atoms with Crippen molar-refractivity contribution in [3.63, 3.8) is 0 Å². The van der Waals surface area contributed by atoms with E-state index in [1.165, 1.54) is 0 Å². The van der Waals surface area contributed by atoms with Crippen LogP contribution in [0.3, 0.4) is 0 Å². The van der Waals surface area contributed by atoms with Gasteiger partial charge < -0.3 is 14.7 Å². The number of likely N-dealkylation sites (N-methyl/N-ethyl adjacent to an activating group) is 1. The van der Waals surface area contributed by atoms with Gasteiger partial charge in [0.05, 0.1) is 0 Å². The van der Waals surface area contributed by atoms with Gasteiger partial charge in [0.25, 0.3) is 0 Å². The van der Waals surface area contributed by atoms with Crippen LogP contribution in [-0.4, -0.2) is 67.4 Å². The van der Waals surface area contributed by atoms with Crippen LogP contribution in [0.5, 0.6) is 5.75 Å². The molecule has 128 valence electrons. The maximum absolute atomic E-state index is 10.3. The number of nitrogens with zero attached hydrogens (tertiary/aromatic N) is 2. The highest BCUT2D eigenvalue weighted by molar-refractivity contribution is 5.70. The molecule has 3 rings (SSSR count). The van der Waals surface area contributed by atoms with Gasteiger partial charge in [-0.2, -0.15) is 0 Å². The van der Waals surface area contributed by atoms with Gasteiger partial charge in [-0.25, -0.2) is 0 Å². The van der Waals surface area contributed by atoms with Gasteiger partial charge in [0.15, 0.2) is 0 Å². The van der Waals surface area contributed by atoms with Crippen LogP contribution in [-0.2, 0) is 0 Å². The Balaban J connectivity index is 1.57. The number of piperazine rings is 1. The van der Waals surface area contributed by atoms with Crippen molar-refractivity contribution in [1.82, 2.24) is 9.80 Å². The number of aliphatic hydroxyl groups excluding tert-OH is 1. The third-order valence-electron chi connectivity index (χ3n) is 4.47. The molecule has 2 aromatic carbocycles. The largest absolute Gasteiger partial charge is 0.490 e. The Kier molecular flexibility index (Phi) is 5.86. The summed E-state index contributed by atoms with van der Waals surface area (Å²) in [7, 11) is 2.14. The van der Waals surface area contributed by atoms with E-state index in [1.807, 2.05) is 36.4 Å². The van der Waals surface area contributed by atoms with Gasteiger partial charge in [-0.3, -0.25) is 4.90 Å². The number of para-hydroxylation sites is 1. The number of rotatable bonds is 6. The van der Waals surface area contributed by atoms with Crippen LogP contribution in [0.2, 0.25) is 0 Å². The molecule has 0 aromatic heterocycles. The smallest absolute Gasteiger partial charge is 0.127 e. The minimum atomic E-state index is -0.475. The number of ether oxygens (including phenoxy) is 1. The van der Waals surface area contributed by atoms with Crippen molar-refractivity contribution in [2.75, 3.05) is 46.4 Å². The fourth-order valence-electron chi connectivity index (χ4n) is 3.02. The van der Waals surface area contributed by atoms with Crippen LogP contribution in [0.25, 0.3) is 11.1 Å². The lowest BCUT2D eigenvalue weighted by molar-refractivity contribution is 0.0506. The molecular formula is C20H26N2O2. The number of hydrogen-bond donors (Lipinski definition) is 1. The molecule has 0 radical (unpaired) electrons. The second kappa shape index (κ2) is 8.29. The lowest BCUT2D eigenvalue weighted by atomic mass is 10.1. The molecule has 1 unspecified atom stereocenters. The number of hydrogen-bond acceptors (Lipinski definition) is 4. The van der Waals surface area contributed by atoms with Crippen LogP contribution < -0.4 is 4.74 Å². The molecule has 1 aliphatic rings. The van der Waals surface area contributed by atoms with Crippen LogP contribution >= 0.6 is 0 Å². The zero-order valence-corrected chi connectivity index (χ0v) is 14.3. The van der Waals surface area contributed by atoms with E-state index in [2.05, 4.69) is 35.0 Å². The average Bonchev–Trinajstić information content (AvgIpc) is 2.63. The zero-order chi connectivity index (χ0) is 16.8. The monoisotopic (exact) mass is 326 g/mol. The summed E-state index contributed by atoms with van der Waals surface area (Å²) in [6.07, 6.45) is -0.475. The Morgan fingerprint density at radius 3 is 2.38 bits per heavy atom. The molecular weight excluding hydrogens is 300 g/mol. The standard InChI is InChI=1S/C20H26N2O2/c1-21-11-13-22(14-12-21)15-18(23)16-24-20-10-6-5-9-19(20)17-7-3-2-4-8-17/h2-10,18,23H,11-16H2,1H3. The minimum Gasteiger partial charge on any atom is -0.490 e. The van der Waals surface area contributed by atoms with Crippen LogP contribution in [0.1, 0.15) is 0 Å². The molecule has 1 N–H and O–H groups in total. The van der Waals surface area contributed by atoms with Gasteiger partial charge >= 0.3 is 0 Å². The van der Waals surface area contributed by atoms with E-state index >= 15 is 0 Å². The van der Waals surface area contributed by atoms with Gasteiger partial charge in [0.1, 0.15) is 18.5 Å².